The summed E-state index contributed by atoms with van der Waals surface area (Å²) in [4.78, 5) is 7.29. The van der Waals surface area contributed by atoms with Crippen LogP contribution < -0.4 is 4.90 Å². The zero-order valence-corrected chi connectivity index (χ0v) is 23.8. The second-order valence-corrected chi connectivity index (χ2v) is 11.2. The SMILES string of the molecule is c1ccc(-c2ccc(N(c3ccc4ccc5ccc6ccccc6c5c4c3)c3nccc4oc5ccccc5c34)cc2)cc1. The van der Waals surface area contributed by atoms with Crippen molar-refractivity contribution in [1.29, 1.82) is 0 Å². The highest BCUT2D eigenvalue weighted by Crippen LogP contribution is 2.43. The number of anilines is 3. The van der Waals surface area contributed by atoms with Gasteiger partial charge in [-0.15, -0.1) is 0 Å². The fourth-order valence-electron chi connectivity index (χ4n) is 6.60. The number of fused-ring (bicyclic) bond motifs is 8. The minimum absolute atomic E-state index is 0.819. The van der Waals surface area contributed by atoms with Crippen molar-refractivity contribution >= 4 is 71.4 Å². The van der Waals surface area contributed by atoms with E-state index in [4.69, 9.17) is 9.40 Å². The summed E-state index contributed by atoms with van der Waals surface area (Å²) in [6.07, 6.45) is 1.84. The molecular weight excluding hydrogens is 536 g/mol. The van der Waals surface area contributed by atoms with Gasteiger partial charge in [-0.1, -0.05) is 115 Å². The van der Waals surface area contributed by atoms with Crippen LogP contribution in [0.1, 0.15) is 0 Å². The number of aromatic nitrogens is 1. The van der Waals surface area contributed by atoms with Crippen LogP contribution >= 0.6 is 0 Å². The molecule has 3 nitrogen and oxygen atoms in total. The summed E-state index contributed by atoms with van der Waals surface area (Å²) in [5, 5.41) is 9.46. The predicted octanol–water partition coefficient (Wildman–Crippen LogP) is 11.6. The van der Waals surface area contributed by atoms with E-state index >= 15 is 0 Å². The molecule has 9 aromatic rings. The van der Waals surface area contributed by atoms with Gasteiger partial charge in [-0.25, -0.2) is 4.98 Å². The molecule has 0 aliphatic heterocycles. The summed E-state index contributed by atoms with van der Waals surface area (Å²) in [5.41, 5.74) is 6.10. The van der Waals surface area contributed by atoms with Crippen LogP contribution in [0.15, 0.2) is 162 Å². The molecule has 206 valence electrons. The fraction of sp³-hybridized carbons (Fsp3) is 0. The van der Waals surface area contributed by atoms with Crippen LogP contribution in [-0.2, 0) is 0 Å². The normalized spacial score (nSPS) is 11.6. The van der Waals surface area contributed by atoms with Gasteiger partial charge in [0.25, 0.3) is 0 Å². The van der Waals surface area contributed by atoms with Crippen LogP contribution in [0, 0.1) is 0 Å². The summed E-state index contributed by atoms with van der Waals surface area (Å²) in [6.45, 7) is 0. The first kappa shape index (κ1) is 24.6. The maximum absolute atomic E-state index is 6.30. The van der Waals surface area contributed by atoms with Gasteiger partial charge in [-0.05, 0) is 79.8 Å². The van der Waals surface area contributed by atoms with E-state index < -0.39 is 0 Å². The molecule has 0 atom stereocenters. The summed E-state index contributed by atoms with van der Waals surface area (Å²) in [7, 11) is 0. The molecule has 3 heteroatoms. The Morgan fingerprint density at radius 1 is 0.432 bits per heavy atom. The lowest BCUT2D eigenvalue weighted by atomic mass is 9.96. The molecule has 0 unspecified atom stereocenters. The topological polar surface area (TPSA) is 29.3 Å². The van der Waals surface area contributed by atoms with Gasteiger partial charge in [0.2, 0.25) is 0 Å². The number of benzene rings is 7. The number of hydrogen-bond donors (Lipinski definition) is 0. The fourth-order valence-corrected chi connectivity index (χ4v) is 6.60. The molecule has 2 aromatic heterocycles. The minimum atomic E-state index is 0.819. The molecule has 44 heavy (non-hydrogen) atoms. The molecular formula is C41H26N2O. The molecule has 0 bridgehead atoms. The molecule has 2 heterocycles. The number of pyridine rings is 1. The Labute approximate surface area is 254 Å². The average Bonchev–Trinajstić information content (AvgIpc) is 3.48. The second kappa shape index (κ2) is 9.82. The number of furan rings is 1. The van der Waals surface area contributed by atoms with Gasteiger partial charge < -0.3 is 4.42 Å². The van der Waals surface area contributed by atoms with Gasteiger partial charge in [0, 0.05) is 23.0 Å². The van der Waals surface area contributed by atoms with Gasteiger partial charge in [-0.2, -0.15) is 0 Å². The number of para-hydroxylation sites is 1. The molecule has 0 radical (unpaired) electrons. The lowest BCUT2D eigenvalue weighted by Crippen LogP contribution is -2.12. The molecule has 0 amide bonds. The first-order chi connectivity index (χ1) is 21.8. The first-order valence-corrected chi connectivity index (χ1v) is 14.9. The van der Waals surface area contributed by atoms with E-state index in [1.54, 1.807) is 0 Å². The van der Waals surface area contributed by atoms with Crippen molar-refractivity contribution in [2.45, 2.75) is 0 Å². The number of rotatable bonds is 4. The van der Waals surface area contributed by atoms with E-state index in [0.29, 0.717) is 0 Å². The van der Waals surface area contributed by atoms with E-state index in [1.807, 2.05) is 30.5 Å². The lowest BCUT2D eigenvalue weighted by Gasteiger charge is -2.26. The van der Waals surface area contributed by atoms with Gasteiger partial charge in [0.15, 0.2) is 0 Å². The summed E-state index contributed by atoms with van der Waals surface area (Å²) in [5.74, 6) is 0.837. The van der Waals surface area contributed by atoms with Crippen LogP contribution in [0.25, 0.3) is 65.4 Å². The molecule has 9 rings (SSSR count). The molecule has 0 aliphatic carbocycles. The number of nitrogens with zero attached hydrogens (tertiary/aromatic N) is 2. The molecule has 0 spiro atoms. The smallest absolute Gasteiger partial charge is 0.149 e. The van der Waals surface area contributed by atoms with Crippen molar-refractivity contribution in [2.75, 3.05) is 4.90 Å². The number of hydrogen-bond acceptors (Lipinski definition) is 3. The highest BCUT2D eigenvalue weighted by atomic mass is 16.3. The third-order valence-electron chi connectivity index (χ3n) is 8.68. The van der Waals surface area contributed by atoms with Crippen LogP contribution in [-0.4, -0.2) is 4.98 Å². The molecule has 0 saturated carbocycles. The van der Waals surface area contributed by atoms with Crippen LogP contribution in [0.4, 0.5) is 17.2 Å². The van der Waals surface area contributed by atoms with Crippen molar-refractivity contribution in [2.24, 2.45) is 0 Å². The highest BCUT2D eigenvalue weighted by molar-refractivity contribution is 6.21. The van der Waals surface area contributed by atoms with E-state index in [-0.39, 0.29) is 0 Å². The standard InChI is InChI=1S/C41H26N2O/c1-2-8-27(9-3-1)28-18-21-32(22-19-28)43(41-40-35-12-6-7-13-37(35)44-38(40)24-25-42-41)33-23-20-30-15-17-31-16-14-29-10-4-5-11-34(29)39(31)36(30)26-33/h1-26H. The van der Waals surface area contributed by atoms with Gasteiger partial charge >= 0.3 is 0 Å². The van der Waals surface area contributed by atoms with E-state index in [0.717, 1.165) is 39.1 Å². The Balaban J connectivity index is 1.33. The van der Waals surface area contributed by atoms with Gasteiger partial charge in [0.05, 0.1) is 5.39 Å². The third kappa shape index (κ3) is 3.87. The maximum Gasteiger partial charge on any atom is 0.149 e. The molecule has 0 saturated heterocycles. The minimum Gasteiger partial charge on any atom is -0.456 e. The third-order valence-corrected chi connectivity index (χ3v) is 8.68. The molecule has 0 aliphatic rings. The van der Waals surface area contributed by atoms with Crippen LogP contribution in [0.2, 0.25) is 0 Å². The van der Waals surface area contributed by atoms with E-state index in [1.165, 1.54) is 43.4 Å². The van der Waals surface area contributed by atoms with Crippen LogP contribution in [0.5, 0.6) is 0 Å². The summed E-state index contributed by atoms with van der Waals surface area (Å²) in [6, 6.07) is 53.7. The monoisotopic (exact) mass is 562 g/mol. The van der Waals surface area contributed by atoms with Crippen LogP contribution in [0.3, 0.4) is 0 Å². The lowest BCUT2D eigenvalue weighted by molar-refractivity contribution is 0.668. The Kier molecular flexibility index (Phi) is 5.50. The maximum atomic E-state index is 6.30. The zero-order valence-electron chi connectivity index (χ0n) is 23.8. The Morgan fingerprint density at radius 3 is 1.91 bits per heavy atom. The van der Waals surface area contributed by atoms with E-state index in [9.17, 15) is 0 Å². The van der Waals surface area contributed by atoms with Gasteiger partial charge in [-0.3, -0.25) is 4.90 Å². The van der Waals surface area contributed by atoms with Crippen molar-refractivity contribution < 1.29 is 4.42 Å². The van der Waals surface area contributed by atoms with Crippen molar-refractivity contribution in [3.8, 4) is 11.1 Å². The Morgan fingerprint density at radius 2 is 1.07 bits per heavy atom. The summed E-state index contributed by atoms with van der Waals surface area (Å²) >= 11 is 0. The van der Waals surface area contributed by atoms with E-state index in [2.05, 4.69) is 132 Å². The van der Waals surface area contributed by atoms with Crippen molar-refractivity contribution in [3.63, 3.8) is 0 Å². The first-order valence-electron chi connectivity index (χ1n) is 14.9. The second-order valence-electron chi connectivity index (χ2n) is 11.2. The average molecular weight is 563 g/mol. The highest BCUT2D eigenvalue weighted by Gasteiger charge is 2.21. The summed E-state index contributed by atoms with van der Waals surface area (Å²) < 4.78 is 6.30. The predicted molar refractivity (Wildman–Crippen MR) is 184 cm³/mol. The molecule has 0 fully saturated rings. The Hall–Kier alpha value is -5.93. The van der Waals surface area contributed by atoms with Gasteiger partial charge in [0.1, 0.15) is 17.0 Å². The van der Waals surface area contributed by atoms with Crippen molar-refractivity contribution in [3.05, 3.63) is 158 Å². The van der Waals surface area contributed by atoms with Crippen molar-refractivity contribution in [1.82, 2.24) is 4.98 Å². The quantitative estimate of drug-likeness (QED) is 0.200. The zero-order chi connectivity index (χ0) is 29.0. The molecule has 0 N–H and O–H groups in total. The molecule has 7 aromatic carbocycles. The Bertz CT molecular complexity index is 2490. The largest absolute Gasteiger partial charge is 0.456 e.